The third-order valence-corrected chi connectivity index (χ3v) is 6.50. The second-order valence-corrected chi connectivity index (χ2v) is 8.87. The molecule has 2 N–H and O–H groups in total. The molecule has 3 aromatic rings. The summed E-state index contributed by atoms with van der Waals surface area (Å²) < 4.78 is 19.2. The number of anilines is 1. The molecule has 1 aliphatic rings. The lowest BCUT2D eigenvalue weighted by atomic mass is 10.0. The third-order valence-electron chi connectivity index (χ3n) is 5.36. The van der Waals surface area contributed by atoms with Crippen molar-refractivity contribution in [1.82, 2.24) is 20.2 Å². The Kier molecular flexibility index (Phi) is 8.48. The molecule has 0 spiro atoms. The van der Waals surface area contributed by atoms with Crippen LogP contribution in [0, 0.1) is 0 Å². The predicted octanol–water partition coefficient (Wildman–Crippen LogP) is 3.77. The number of aliphatic hydroxyl groups excluding tert-OH is 1. The Morgan fingerprint density at radius 2 is 1.97 bits per heavy atom. The maximum absolute atomic E-state index is 11.8. The van der Waals surface area contributed by atoms with Gasteiger partial charge in [0.05, 0.1) is 18.8 Å². The Bertz CT molecular complexity index is 1120. The van der Waals surface area contributed by atoms with E-state index >= 15 is 0 Å². The van der Waals surface area contributed by atoms with E-state index in [1.807, 2.05) is 36.4 Å². The predicted molar refractivity (Wildman–Crippen MR) is 130 cm³/mol. The summed E-state index contributed by atoms with van der Waals surface area (Å²) in [6.45, 7) is 3.65. The summed E-state index contributed by atoms with van der Waals surface area (Å²) in [6, 6.07) is 15.0. The van der Waals surface area contributed by atoms with E-state index in [0.29, 0.717) is 23.0 Å². The molecule has 0 radical (unpaired) electrons. The fourth-order valence-electron chi connectivity index (χ4n) is 3.55. The number of benzene rings is 2. The van der Waals surface area contributed by atoms with Crippen molar-refractivity contribution in [3.8, 4) is 0 Å². The van der Waals surface area contributed by atoms with E-state index in [0.717, 1.165) is 16.7 Å². The van der Waals surface area contributed by atoms with Crippen molar-refractivity contribution < 1.29 is 24.1 Å². The van der Waals surface area contributed by atoms with E-state index in [1.54, 1.807) is 23.9 Å². The van der Waals surface area contributed by atoms with Gasteiger partial charge in [0.25, 0.3) is 0 Å². The molecule has 1 fully saturated rings. The summed E-state index contributed by atoms with van der Waals surface area (Å²) >= 11 is 1.52. The zero-order chi connectivity index (χ0) is 24.6. The first kappa shape index (κ1) is 24.9. The highest BCUT2D eigenvalue weighted by Gasteiger charge is 2.32. The topological polar surface area (TPSA) is 121 Å². The minimum atomic E-state index is -0.601. The average molecular weight is 498 g/mol. The van der Waals surface area contributed by atoms with Crippen molar-refractivity contribution in [2.75, 3.05) is 17.7 Å². The standard InChI is InChI=1S/C24H27N5O5S/c1-3-12-32-24(31)25-19-10-8-18(9-11-19)22-33-20(15-35-23-26-27-28-29(23)2)13-21(34-22)17-6-4-16(14-30)5-7-17/h3-11,20-22,30H,1,12-15H2,2H3,(H,25,31)/t20-,21+,22+/m0/s1. The van der Waals surface area contributed by atoms with Gasteiger partial charge in [-0.2, -0.15) is 0 Å². The molecule has 1 saturated heterocycles. The molecule has 1 amide bonds. The van der Waals surface area contributed by atoms with Crippen LogP contribution < -0.4 is 5.32 Å². The zero-order valence-corrected chi connectivity index (χ0v) is 20.1. The first-order valence-electron chi connectivity index (χ1n) is 11.1. The largest absolute Gasteiger partial charge is 0.445 e. The molecule has 2 aromatic carbocycles. The van der Waals surface area contributed by atoms with Crippen LogP contribution in [0.5, 0.6) is 0 Å². The molecule has 0 aliphatic carbocycles. The van der Waals surface area contributed by atoms with Gasteiger partial charge in [-0.05, 0) is 33.7 Å². The zero-order valence-electron chi connectivity index (χ0n) is 19.2. The maximum atomic E-state index is 11.8. The number of nitrogens with zero attached hydrogens (tertiary/aromatic N) is 4. The van der Waals surface area contributed by atoms with Gasteiger partial charge in [0.2, 0.25) is 5.16 Å². The second kappa shape index (κ2) is 11.9. The van der Waals surface area contributed by atoms with Crippen molar-refractivity contribution in [3.63, 3.8) is 0 Å². The molecule has 0 saturated carbocycles. The van der Waals surface area contributed by atoms with Gasteiger partial charge in [0.15, 0.2) is 6.29 Å². The molecule has 1 aromatic heterocycles. The third kappa shape index (κ3) is 6.67. The van der Waals surface area contributed by atoms with E-state index in [-0.39, 0.29) is 25.4 Å². The van der Waals surface area contributed by atoms with Gasteiger partial charge >= 0.3 is 6.09 Å². The van der Waals surface area contributed by atoms with Gasteiger partial charge in [-0.15, -0.1) is 5.10 Å². The first-order valence-corrected chi connectivity index (χ1v) is 12.0. The molecular weight excluding hydrogens is 470 g/mol. The Morgan fingerprint density at radius 1 is 1.23 bits per heavy atom. The van der Waals surface area contributed by atoms with Crippen LogP contribution >= 0.6 is 11.8 Å². The van der Waals surface area contributed by atoms with Crippen molar-refractivity contribution >= 4 is 23.5 Å². The van der Waals surface area contributed by atoms with E-state index in [2.05, 4.69) is 27.4 Å². The van der Waals surface area contributed by atoms with Gasteiger partial charge in [-0.25, -0.2) is 9.48 Å². The highest BCUT2D eigenvalue weighted by Crippen LogP contribution is 2.39. The Labute approximate surface area is 207 Å². The minimum absolute atomic E-state index is 0.00986. The smallest absolute Gasteiger partial charge is 0.411 e. The lowest BCUT2D eigenvalue weighted by molar-refractivity contribution is -0.245. The number of amides is 1. The van der Waals surface area contributed by atoms with Crippen LogP contribution in [0.3, 0.4) is 0 Å². The van der Waals surface area contributed by atoms with Gasteiger partial charge in [0.1, 0.15) is 6.61 Å². The Hall–Kier alpha value is -3.25. The molecule has 2 heterocycles. The Morgan fingerprint density at radius 3 is 2.63 bits per heavy atom. The number of hydrogen-bond acceptors (Lipinski definition) is 9. The van der Waals surface area contributed by atoms with E-state index in [9.17, 15) is 9.90 Å². The molecule has 10 nitrogen and oxygen atoms in total. The monoisotopic (exact) mass is 497 g/mol. The number of aliphatic hydroxyl groups is 1. The molecule has 3 atom stereocenters. The fourth-order valence-corrected chi connectivity index (χ4v) is 4.41. The summed E-state index contributed by atoms with van der Waals surface area (Å²) in [5.74, 6) is 0.647. The summed E-state index contributed by atoms with van der Waals surface area (Å²) in [5.41, 5.74) is 3.27. The van der Waals surface area contributed by atoms with Gasteiger partial charge in [-0.3, -0.25) is 5.32 Å². The maximum Gasteiger partial charge on any atom is 0.411 e. The molecular formula is C24H27N5O5S. The van der Waals surface area contributed by atoms with E-state index in [1.165, 1.54) is 17.8 Å². The first-order chi connectivity index (χ1) is 17.1. The molecule has 0 unspecified atom stereocenters. The van der Waals surface area contributed by atoms with Crippen molar-refractivity contribution in [3.05, 3.63) is 77.9 Å². The quantitative estimate of drug-likeness (QED) is 0.336. The number of hydrogen-bond donors (Lipinski definition) is 2. The molecule has 11 heteroatoms. The summed E-state index contributed by atoms with van der Waals surface area (Å²) in [7, 11) is 1.80. The van der Waals surface area contributed by atoms with Gasteiger partial charge in [-0.1, -0.05) is 60.8 Å². The van der Waals surface area contributed by atoms with Crippen molar-refractivity contribution in [1.29, 1.82) is 0 Å². The molecule has 4 rings (SSSR count). The number of carbonyl (C=O) groups excluding carboxylic acids is 1. The number of rotatable bonds is 9. The van der Waals surface area contributed by atoms with Crippen molar-refractivity contribution in [2.45, 2.75) is 36.7 Å². The van der Waals surface area contributed by atoms with Crippen molar-refractivity contribution in [2.24, 2.45) is 7.05 Å². The summed E-state index contributed by atoms with van der Waals surface area (Å²) in [6.07, 6.45) is 0.688. The SMILES string of the molecule is C=CCOC(=O)Nc1ccc([C@@H]2O[C@H](CSc3nnnn3C)C[C@H](c3ccc(CO)cc3)O2)cc1. The van der Waals surface area contributed by atoms with E-state index < -0.39 is 12.4 Å². The number of thioether (sulfide) groups is 1. The molecule has 35 heavy (non-hydrogen) atoms. The van der Waals surface area contributed by atoms with E-state index in [4.69, 9.17) is 14.2 Å². The van der Waals surface area contributed by atoms with Gasteiger partial charge in [0, 0.05) is 30.5 Å². The number of carbonyl (C=O) groups is 1. The lowest BCUT2D eigenvalue weighted by Crippen LogP contribution is -2.31. The summed E-state index contributed by atoms with van der Waals surface area (Å²) in [4.78, 5) is 11.8. The normalized spacial score (nSPS) is 19.8. The number of aromatic nitrogens is 4. The number of ether oxygens (including phenoxy) is 3. The van der Waals surface area contributed by atoms with Crippen LogP contribution in [-0.2, 0) is 27.9 Å². The number of nitrogens with one attached hydrogen (secondary N) is 1. The van der Waals surface area contributed by atoms with Crippen LogP contribution in [0.1, 0.15) is 35.5 Å². The number of aryl methyl sites for hydroxylation is 1. The molecule has 1 aliphatic heterocycles. The van der Waals surface area contributed by atoms with Crippen LogP contribution in [0.25, 0.3) is 0 Å². The van der Waals surface area contributed by atoms with Crippen LogP contribution in [0.2, 0.25) is 0 Å². The van der Waals surface area contributed by atoms with Crippen LogP contribution in [-0.4, -0.2) is 49.9 Å². The highest BCUT2D eigenvalue weighted by molar-refractivity contribution is 7.99. The summed E-state index contributed by atoms with van der Waals surface area (Å²) in [5, 5.41) is 24.3. The highest BCUT2D eigenvalue weighted by atomic mass is 32.2. The lowest BCUT2D eigenvalue weighted by Gasteiger charge is -2.36. The van der Waals surface area contributed by atoms with Crippen LogP contribution in [0.4, 0.5) is 10.5 Å². The second-order valence-electron chi connectivity index (χ2n) is 7.88. The number of tetrazole rings is 1. The van der Waals surface area contributed by atoms with Crippen LogP contribution in [0.15, 0.2) is 66.3 Å². The average Bonchev–Trinajstić information content (AvgIpc) is 3.31. The Balaban J connectivity index is 1.48. The van der Waals surface area contributed by atoms with Gasteiger partial charge < -0.3 is 19.3 Å². The molecule has 184 valence electrons. The fraction of sp³-hybridized carbons (Fsp3) is 0.333. The minimum Gasteiger partial charge on any atom is -0.445 e. The molecule has 0 bridgehead atoms.